The molecule has 1 saturated heterocycles. The lowest BCUT2D eigenvalue weighted by Crippen LogP contribution is -2.20. The van der Waals surface area contributed by atoms with Gasteiger partial charge in [-0.1, -0.05) is 0 Å². The van der Waals surface area contributed by atoms with Gasteiger partial charge in [0.2, 0.25) is 5.88 Å². The minimum atomic E-state index is 0.186. The Kier molecular flexibility index (Phi) is 2.84. The fourth-order valence-electron chi connectivity index (χ4n) is 1.66. The largest absolute Gasteiger partial charge is 0.473 e. The molecule has 0 radical (unpaired) electrons. The lowest BCUT2D eigenvalue weighted by atomic mass is 10.2. The second-order valence-electron chi connectivity index (χ2n) is 3.68. The topological polar surface area (TPSA) is 57.9 Å². The van der Waals surface area contributed by atoms with Gasteiger partial charge in [0.15, 0.2) is 0 Å². The van der Waals surface area contributed by atoms with Crippen LogP contribution in [0.3, 0.4) is 0 Å². The molecule has 4 heteroatoms. The smallest absolute Gasteiger partial charge is 0.215 e. The van der Waals surface area contributed by atoms with Crippen LogP contribution in [0.25, 0.3) is 0 Å². The first-order valence-corrected chi connectivity index (χ1v) is 5.04. The molecule has 0 saturated carbocycles. The predicted molar refractivity (Wildman–Crippen MR) is 55.6 cm³/mol. The lowest BCUT2D eigenvalue weighted by Gasteiger charge is -2.11. The Hall–Kier alpha value is -1.60. The van der Waals surface area contributed by atoms with Gasteiger partial charge in [-0.2, -0.15) is 5.26 Å². The van der Waals surface area contributed by atoms with Crippen LogP contribution in [0, 0.1) is 18.3 Å². The molecule has 0 unspecified atom stereocenters. The zero-order chi connectivity index (χ0) is 10.7. The van der Waals surface area contributed by atoms with E-state index < -0.39 is 0 Å². The summed E-state index contributed by atoms with van der Waals surface area (Å²) < 4.78 is 5.67. The monoisotopic (exact) mass is 203 g/mol. The third-order valence-electron chi connectivity index (χ3n) is 2.36. The van der Waals surface area contributed by atoms with Crippen molar-refractivity contribution in [1.29, 1.82) is 5.26 Å². The Labute approximate surface area is 88.9 Å². The molecule has 78 valence electrons. The second kappa shape index (κ2) is 4.28. The van der Waals surface area contributed by atoms with Crippen molar-refractivity contribution < 1.29 is 4.74 Å². The molecule has 1 aromatic heterocycles. The van der Waals surface area contributed by atoms with E-state index in [-0.39, 0.29) is 6.10 Å². The summed E-state index contributed by atoms with van der Waals surface area (Å²) in [5, 5.41) is 12.0. The molecule has 1 atom stereocenters. The number of aryl methyl sites for hydroxylation is 1. The van der Waals surface area contributed by atoms with E-state index in [0.717, 1.165) is 25.2 Å². The molecule has 0 spiro atoms. The first kappa shape index (κ1) is 9.94. The summed E-state index contributed by atoms with van der Waals surface area (Å²) in [6, 6.07) is 5.53. The van der Waals surface area contributed by atoms with Crippen molar-refractivity contribution in [3.05, 3.63) is 23.4 Å². The standard InChI is InChI=1S/C11H13N3O/c1-8-4-9(6-12)5-11(14-8)15-10-2-3-13-7-10/h4-5,10,13H,2-3,7H2,1H3/t10-/m0/s1. The highest BCUT2D eigenvalue weighted by atomic mass is 16.5. The van der Waals surface area contributed by atoms with E-state index in [1.165, 1.54) is 0 Å². The first-order chi connectivity index (χ1) is 7.28. The molecule has 0 bridgehead atoms. The lowest BCUT2D eigenvalue weighted by molar-refractivity contribution is 0.213. The molecule has 0 aromatic carbocycles. The molecule has 0 aliphatic carbocycles. The van der Waals surface area contributed by atoms with Crippen LogP contribution >= 0.6 is 0 Å². The van der Waals surface area contributed by atoms with Gasteiger partial charge < -0.3 is 10.1 Å². The summed E-state index contributed by atoms with van der Waals surface area (Å²) in [7, 11) is 0. The van der Waals surface area contributed by atoms with E-state index in [9.17, 15) is 0 Å². The average molecular weight is 203 g/mol. The molecule has 1 aromatic rings. The molecule has 1 aliphatic heterocycles. The van der Waals surface area contributed by atoms with Crippen LogP contribution in [0.1, 0.15) is 17.7 Å². The predicted octanol–water partition coefficient (Wildman–Crippen LogP) is 1.00. The van der Waals surface area contributed by atoms with Crippen molar-refractivity contribution in [2.24, 2.45) is 0 Å². The quantitative estimate of drug-likeness (QED) is 0.779. The zero-order valence-electron chi connectivity index (χ0n) is 8.66. The van der Waals surface area contributed by atoms with E-state index >= 15 is 0 Å². The minimum Gasteiger partial charge on any atom is -0.473 e. The van der Waals surface area contributed by atoms with Crippen molar-refractivity contribution in [3.8, 4) is 11.9 Å². The van der Waals surface area contributed by atoms with E-state index in [4.69, 9.17) is 10.00 Å². The second-order valence-corrected chi connectivity index (χ2v) is 3.68. The fourth-order valence-corrected chi connectivity index (χ4v) is 1.66. The summed E-state index contributed by atoms with van der Waals surface area (Å²) in [4.78, 5) is 4.24. The molecule has 1 N–H and O–H groups in total. The summed E-state index contributed by atoms with van der Waals surface area (Å²) >= 11 is 0. The van der Waals surface area contributed by atoms with E-state index in [1.807, 2.05) is 6.92 Å². The van der Waals surface area contributed by atoms with Crippen molar-refractivity contribution in [2.75, 3.05) is 13.1 Å². The number of pyridine rings is 1. The molecule has 2 rings (SSSR count). The zero-order valence-corrected chi connectivity index (χ0v) is 8.66. The molecule has 1 aliphatic rings. The van der Waals surface area contributed by atoms with Crippen LogP contribution in [-0.4, -0.2) is 24.2 Å². The maximum absolute atomic E-state index is 8.80. The summed E-state index contributed by atoms with van der Waals surface area (Å²) in [6.07, 6.45) is 1.18. The molecule has 0 amide bonds. The molecule has 2 heterocycles. The highest BCUT2D eigenvalue weighted by Crippen LogP contribution is 2.15. The number of aromatic nitrogens is 1. The fraction of sp³-hybridized carbons (Fsp3) is 0.455. The van der Waals surface area contributed by atoms with Gasteiger partial charge in [0.05, 0.1) is 11.6 Å². The third-order valence-corrected chi connectivity index (χ3v) is 2.36. The molecular formula is C11H13N3O. The van der Waals surface area contributed by atoms with Gasteiger partial charge in [0.1, 0.15) is 6.10 Å². The van der Waals surface area contributed by atoms with Gasteiger partial charge in [-0.15, -0.1) is 0 Å². The van der Waals surface area contributed by atoms with Crippen LogP contribution in [-0.2, 0) is 0 Å². The SMILES string of the molecule is Cc1cc(C#N)cc(O[C@H]2CCNC2)n1. The number of nitriles is 1. The Morgan fingerprint density at radius 3 is 3.13 bits per heavy atom. The number of rotatable bonds is 2. The minimum absolute atomic E-state index is 0.186. The van der Waals surface area contributed by atoms with Crippen LogP contribution < -0.4 is 10.1 Å². The van der Waals surface area contributed by atoms with Gasteiger partial charge >= 0.3 is 0 Å². The van der Waals surface area contributed by atoms with Gasteiger partial charge in [0, 0.05) is 18.3 Å². The summed E-state index contributed by atoms with van der Waals surface area (Å²) in [5.74, 6) is 0.556. The van der Waals surface area contributed by atoms with Gasteiger partial charge in [-0.3, -0.25) is 0 Å². The van der Waals surface area contributed by atoms with Crippen LogP contribution in [0.2, 0.25) is 0 Å². The van der Waals surface area contributed by atoms with Crippen molar-refractivity contribution in [2.45, 2.75) is 19.4 Å². The van der Waals surface area contributed by atoms with E-state index in [1.54, 1.807) is 12.1 Å². The highest BCUT2D eigenvalue weighted by Gasteiger charge is 2.16. The van der Waals surface area contributed by atoms with Gasteiger partial charge in [-0.25, -0.2) is 4.98 Å². The number of hydrogen-bond donors (Lipinski definition) is 1. The number of hydrogen-bond acceptors (Lipinski definition) is 4. The normalized spacial score (nSPS) is 19.9. The Bertz CT molecular complexity index is 391. The number of nitrogens with one attached hydrogen (secondary N) is 1. The Balaban J connectivity index is 2.13. The Morgan fingerprint density at radius 2 is 2.47 bits per heavy atom. The molecule has 4 nitrogen and oxygen atoms in total. The Morgan fingerprint density at radius 1 is 1.60 bits per heavy atom. The number of ether oxygens (including phenoxy) is 1. The maximum atomic E-state index is 8.80. The molecule has 1 fully saturated rings. The van der Waals surface area contributed by atoms with E-state index in [2.05, 4.69) is 16.4 Å². The molecular weight excluding hydrogens is 190 g/mol. The van der Waals surface area contributed by atoms with Crippen LogP contribution in [0.4, 0.5) is 0 Å². The molecule has 15 heavy (non-hydrogen) atoms. The van der Waals surface area contributed by atoms with Crippen molar-refractivity contribution in [1.82, 2.24) is 10.3 Å². The van der Waals surface area contributed by atoms with E-state index in [0.29, 0.717) is 11.4 Å². The first-order valence-electron chi connectivity index (χ1n) is 5.04. The van der Waals surface area contributed by atoms with Crippen molar-refractivity contribution >= 4 is 0 Å². The number of nitrogens with zero attached hydrogens (tertiary/aromatic N) is 2. The van der Waals surface area contributed by atoms with Gasteiger partial charge in [-0.05, 0) is 26.0 Å². The third kappa shape index (κ3) is 2.45. The summed E-state index contributed by atoms with van der Waals surface area (Å²) in [5.41, 5.74) is 1.42. The van der Waals surface area contributed by atoms with Crippen LogP contribution in [0.15, 0.2) is 12.1 Å². The average Bonchev–Trinajstić information content (AvgIpc) is 2.69. The summed E-state index contributed by atoms with van der Waals surface area (Å²) in [6.45, 7) is 3.71. The maximum Gasteiger partial charge on any atom is 0.215 e. The van der Waals surface area contributed by atoms with Crippen molar-refractivity contribution in [3.63, 3.8) is 0 Å². The van der Waals surface area contributed by atoms with Crippen LogP contribution in [0.5, 0.6) is 5.88 Å². The van der Waals surface area contributed by atoms with Gasteiger partial charge in [0.25, 0.3) is 0 Å². The highest BCUT2D eigenvalue weighted by molar-refractivity contribution is 5.34.